The first-order chi connectivity index (χ1) is 10.5. The Labute approximate surface area is 123 Å². The number of halogens is 3. The third-order valence-electron chi connectivity index (χ3n) is 3.40. The van der Waals surface area contributed by atoms with Gasteiger partial charge in [-0.15, -0.1) is 4.91 Å². The van der Waals surface area contributed by atoms with E-state index in [0.29, 0.717) is 11.3 Å². The van der Waals surface area contributed by atoms with Crippen LogP contribution in [0, 0.1) is 4.91 Å². The molecule has 22 heavy (non-hydrogen) atoms. The molecule has 1 aliphatic rings. The van der Waals surface area contributed by atoms with Crippen molar-refractivity contribution in [3.8, 4) is 0 Å². The van der Waals surface area contributed by atoms with Crippen molar-refractivity contribution in [3.63, 3.8) is 0 Å². The molecule has 0 spiro atoms. The lowest BCUT2D eigenvalue weighted by Crippen LogP contribution is -2.21. The molecule has 0 fully saturated rings. The molecule has 7 heteroatoms. The van der Waals surface area contributed by atoms with E-state index in [2.05, 4.69) is 10.3 Å². The average molecular weight is 305 g/mol. The Balaban J connectivity index is 1.97. The van der Waals surface area contributed by atoms with E-state index in [-0.39, 0.29) is 12.2 Å². The van der Waals surface area contributed by atoms with Crippen LogP contribution in [0.3, 0.4) is 0 Å². The summed E-state index contributed by atoms with van der Waals surface area (Å²) < 4.78 is 38.3. The molecule has 1 heterocycles. The second kappa shape index (κ2) is 5.25. The van der Waals surface area contributed by atoms with Crippen molar-refractivity contribution in [2.45, 2.75) is 12.7 Å². The maximum absolute atomic E-state index is 12.8. The topological polar surface area (TPSA) is 45.0 Å². The number of hydrogen-bond donors (Lipinski definition) is 0. The summed E-state index contributed by atoms with van der Waals surface area (Å²) in [4.78, 5) is 10.8. The van der Waals surface area contributed by atoms with Gasteiger partial charge in [-0.2, -0.15) is 18.3 Å². The fourth-order valence-corrected chi connectivity index (χ4v) is 2.29. The van der Waals surface area contributed by atoms with Gasteiger partial charge >= 0.3 is 6.18 Å². The molecular weight excluding hydrogens is 295 g/mol. The van der Waals surface area contributed by atoms with Gasteiger partial charge in [0.15, 0.2) is 0 Å². The number of hydrazone groups is 1. The van der Waals surface area contributed by atoms with E-state index >= 15 is 0 Å². The van der Waals surface area contributed by atoms with Gasteiger partial charge in [0.2, 0.25) is 0 Å². The van der Waals surface area contributed by atoms with Crippen molar-refractivity contribution in [3.05, 3.63) is 64.1 Å². The van der Waals surface area contributed by atoms with Gasteiger partial charge in [-0.1, -0.05) is 18.2 Å². The van der Waals surface area contributed by atoms with Crippen LogP contribution in [0.5, 0.6) is 0 Å². The average Bonchev–Trinajstić information content (AvgIpc) is 2.53. The summed E-state index contributed by atoms with van der Waals surface area (Å²) in [5.74, 6) is 0. The molecule has 0 bridgehead atoms. The molecule has 0 unspecified atom stereocenters. The summed E-state index contributed by atoms with van der Waals surface area (Å²) in [5.41, 5.74) is 1.20. The van der Waals surface area contributed by atoms with Crippen molar-refractivity contribution >= 4 is 17.6 Å². The molecule has 2 aromatic carbocycles. The Bertz CT molecular complexity index is 756. The van der Waals surface area contributed by atoms with Crippen molar-refractivity contribution in [2.24, 2.45) is 10.3 Å². The Kier molecular flexibility index (Phi) is 3.40. The first-order valence-corrected chi connectivity index (χ1v) is 6.43. The molecule has 4 nitrogen and oxygen atoms in total. The van der Waals surface area contributed by atoms with Gasteiger partial charge < -0.3 is 0 Å². The fourth-order valence-electron chi connectivity index (χ4n) is 2.29. The van der Waals surface area contributed by atoms with Crippen LogP contribution in [0.4, 0.5) is 24.5 Å². The van der Waals surface area contributed by atoms with Crippen LogP contribution in [-0.2, 0) is 12.7 Å². The molecule has 0 amide bonds. The highest BCUT2D eigenvalue weighted by atomic mass is 19.4. The van der Waals surface area contributed by atoms with Gasteiger partial charge in [-0.25, -0.2) is 0 Å². The number of alkyl halides is 3. The van der Waals surface area contributed by atoms with Crippen LogP contribution in [0.15, 0.2) is 52.7 Å². The maximum Gasteiger partial charge on any atom is 0.416 e. The van der Waals surface area contributed by atoms with Crippen LogP contribution >= 0.6 is 0 Å². The monoisotopic (exact) mass is 305 g/mol. The third kappa shape index (κ3) is 2.57. The van der Waals surface area contributed by atoms with E-state index in [1.54, 1.807) is 18.2 Å². The molecule has 3 rings (SSSR count). The molecule has 0 aliphatic carbocycles. The molecule has 0 saturated carbocycles. The van der Waals surface area contributed by atoms with E-state index < -0.39 is 11.7 Å². The van der Waals surface area contributed by atoms with Crippen molar-refractivity contribution < 1.29 is 13.2 Å². The molecule has 2 aromatic rings. The fraction of sp³-hybridized carbons (Fsp3) is 0.133. The van der Waals surface area contributed by atoms with E-state index in [4.69, 9.17) is 0 Å². The zero-order valence-electron chi connectivity index (χ0n) is 11.2. The summed E-state index contributed by atoms with van der Waals surface area (Å²) in [5, 5.41) is 8.50. The standard InChI is InChI=1S/C15H10F3N3O/c16-15(17,18)11-4-2-5-12(7-11)21-9-13-10(8-19-21)3-1-6-14(13)20-22/h1-8H,9H2. The van der Waals surface area contributed by atoms with E-state index in [9.17, 15) is 18.1 Å². The largest absolute Gasteiger partial charge is 0.416 e. The summed E-state index contributed by atoms with van der Waals surface area (Å²) in [6, 6.07) is 9.91. The molecule has 0 radical (unpaired) electrons. The van der Waals surface area contributed by atoms with Gasteiger partial charge in [-0.05, 0) is 29.4 Å². The summed E-state index contributed by atoms with van der Waals surface area (Å²) >= 11 is 0. The van der Waals surface area contributed by atoms with Gasteiger partial charge in [0.25, 0.3) is 0 Å². The number of benzene rings is 2. The summed E-state index contributed by atoms with van der Waals surface area (Å²) in [7, 11) is 0. The predicted molar refractivity (Wildman–Crippen MR) is 77.1 cm³/mol. The van der Waals surface area contributed by atoms with Crippen molar-refractivity contribution in [1.82, 2.24) is 0 Å². The lowest BCUT2D eigenvalue weighted by Gasteiger charge is -2.25. The maximum atomic E-state index is 12.8. The second-order valence-corrected chi connectivity index (χ2v) is 4.79. The molecule has 0 saturated heterocycles. The van der Waals surface area contributed by atoms with Gasteiger partial charge in [0.05, 0.1) is 24.0 Å². The lowest BCUT2D eigenvalue weighted by atomic mass is 10.0. The number of anilines is 1. The highest BCUT2D eigenvalue weighted by molar-refractivity contribution is 5.86. The van der Waals surface area contributed by atoms with E-state index in [0.717, 1.165) is 17.7 Å². The molecule has 112 valence electrons. The molecule has 0 N–H and O–H groups in total. The minimum Gasteiger partial charge on any atom is -0.261 e. The molecule has 1 aliphatic heterocycles. The summed E-state index contributed by atoms with van der Waals surface area (Å²) in [6.45, 7) is 0.190. The quantitative estimate of drug-likeness (QED) is 0.769. The minimum absolute atomic E-state index is 0.190. The van der Waals surface area contributed by atoms with Crippen molar-refractivity contribution in [2.75, 3.05) is 5.01 Å². The molecule has 0 atom stereocenters. The van der Waals surface area contributed by atoms with Gasteiger partial charge in [0, 0.05) is 11.1 Å². The Morgan fingerprint density at radius 3 is 2.64 bits per heavy atom. The Morgan fingerprint density at radius 1 is 1.14 bits per heavy atom. The smallest absolute Gasteiger partial charge is 0.261 e. The molecule has 0 aromatic heterocycles. The van der Waals surface area contributed by atoms with Crippen LogP contribution in [-0.4, -0.2) is 6.21 Å². The Hall–Kier alpha value is -2.70. The lowest BCUT2D eigenvalue weighted by molar-refractivity contribution is -0.137. The predicted octanol–water partition coefficient (Wildman–Crippen LogP) is 4.46. The first kappa shape index (κ1) is 14.2. The van der Waals surface area contributed by atoms with Crippen LogP contribution in [0.1, 0.15) is 16.7 Å². The zero-order valence-corrected chi connectivity index (χ0v) is 11.2. The van der Waals surface area contributed by atoms with E-state index in [1.165, 1.54) is 23.4 Å². The molecular formula is C15H10F3N3O. The van der Waals surface area contributed by atoms with Crippen LogP contribution in [0.25, 0.3) is 0 Å². The second-order valence-electron chi connectivity index (χ2n) is 4.79. The minimum atomic E-state index is -4.41. The number of rotatable bonds is 2. The SMILES string of the molecule is O=Nc1cccc2c1CN(c1cccc(C(F)(F)F)c1)N=C2. The number of nitroso groups, excluding NO2 is 1. The van der Waals surface area contributed by atoms with Gasteiger partial charge in [-0.3, -0.25) is 5.01 Å². The normalized spacial score (nSPS) is 13.9. The Morgan fingerprint density at radius 2 is 1.91 bits per heavy atom. The summed E-state index contributed by atoms with van der Waals surface area (Å²) in [6.07, 6.45) is -2.91. The van der Waals surface area contributed by atoms with Gasteiger partial charge in [0.1, 0.15) is 5.69 Å². The number of nitrogens with zero attached hydrogens (tertiary/aromatic N) is 3. The highest BCUT2D eigenvalue weighted by Crippen LogP contribution is 2.34. The highest BCUT2D eigenvalue weighted by Gasteiger charge is 2.31. The number of fused-ring (bicyclic) bond motifs is 1. The van der Waals surface area contributed by atoms with Crippen LogP contribution in [0.2, 0.25) is 0 Å². The van der Waals surface area contributed by atoms with E-state index in [1.807, 2.05) is 0 Å². The van der Waals surface area contributed by atoms with Crippen LogP contribution < -0.4 is 5.01 Å². The number of hydrogen-bond acceptors (Lipinski definition) is 4. The third-order valence-corrected chi connectivity index (χ3v) is 3.40. The van der Waals surface area contributed by atoms with Crippen molar-refractivity contribution in [1.29, 1.82) is 0 Å². The first-order valence-electron chi connectivity index (χ1n) is 6.43. The zero-order chi connectivity index (χ0) is 15.7.